The molecule has 0 aliphatic carbocycles. The van der Waals surface area contributed by atoms with Crippen molar-refractivity contribution in [3.05, 3.63) is 83.6 Å². The summed E-state index contributed by atoms with van der Waals surface area (Å²) in [4.78, 5) is 34.8. The summed E-state index contributed by atoms with van der Waals surface area (Å²) in [6.07, 6.45) is -0.0917. The number of nitrogens with zero attached hydrogens (tertiary/aromatic N) is 6. The zero-order valence-corrected chi connectivity index (χ0v) is 24.0. The lowest BCUT2D eigenvalue weighted by Crippen LogP contribution is -2.44. The maximum absolute atomic E-state index is 13.6. The second-order valence-electron chi connectivity index (χ2n) is 10.4. The number of benzene rings is 2. The molecule has 0 spiro atoms. The van der Waals surface area contributed by atoms with Crippen LogP contribution in [0.2, 0.25) is 0 Å². The van der Waals surface area contributed by atoms with Crippen molar-refractivity contribution in [2.75, 3.05) is 56.2 Å². The van der Waals surface area contributed by atoms with Crippen LogP contribution in [0.5, 0.6) is 0 Å². The fraction of sp³-hybridized carbons (Fsp3) is 0.300. The minimum Gasteiger partial charge on any atom is -0.373 e. The summed E-state index contributed by atoms with van der Waals surface area (Å²) < 4.78 is 40.8. The molecule has 1 aliphatic rings. The maximum Gasteiger partial charge on any atom is 0.416 e. The Hall–Kier alpha value is -4.62. The maximum atomic E-state index is 13.6. The lowest BCUT2D eigenvalue weighted by Gasteiger charge is -2.32. The Morgan fingerprint density at radius 1 is 0.953 bits per heavy atom. The van der Waals surface area contributed by atoms with Crippen LogP contribution in [-0.2, 0) is 12.7 Å². The van der Waals surface area contributed by atoms with Crippen molar-refractivity contribution in [3.8, 4) is 11.3 Å². The first-order valence-electron chi connectivity index (χ1n) is 13.7. The predicted molar refractivity (Wildman–Crippen MR) is 159 cm³/mol. The summed E-state index contributed by atoms with van der Waals surface area (Å²) in [5, 5.41) is 8.98. The minimum atomic E-state index is -4.54. The number of carbonyl (C=O) groups is 1. The number of piperazine rings is 1. The van der Waals surface area contributed by atoms with Crippen LogP contribution in [0.4, 0.5) is 36.2 Å². The molecule has 1 aliphatic heterocycles. The summed E-state index contributed by atoms with van der Waals surface area (Å²) in [6, 6.07) is 10.3. The largest absolute Gasteiger partial charge is 0.416 e. The third kappa shape index (κ3) is 7.24. The van der Waals surface area contributed by atoms with Gasteiger partial charge >= 0.3 is 6.18 Å². The molecule has 0 radical (unpaired) electrons. The Labute approximate surface area is 247 Å². The monoisotopic (exact) mass is 591 g/mol. The lowest BCUT2D eigenvalue weighted by molar-refractivity contribution is -0.137. The molecule has 43 heavy (non-hydrogen) atoms. The van der Waals surface area contributed by atoms with E-state index in [9.17, 15) is 18.0 Å². The van der Waals surface area contributed by atoms with Gasteiger partial charge in [0.05, 0.1) is 16.8 Å². The summed E-state index contributed by atoms with van der Waals surface area (Å²) in [6.45, 7) is 5.60. The number of carbonyl (C=O) groups excluding carboxylic acids is 1. The smallest absolute Gasteiger partial charge is 0.373 e. The molecule has 3 heterocycles. The van der Waals surface area contributed by atoms with Gasteiger partial charge in [0.2, 0.25) is 0 Å². The van der Waals surface area contributed by atoms with Crippen molar-refractivity contribution >= 4 is 28.9 Å². The van der Waals surface area contributed by atoms with Crippen LogP contribution in [0.3, 0.4) is 0 Å². The van der Waals surface area contributed by atoms with Gasteiger partial charge in [0.15, 0.2) is 0 Å². The third-order valence-electron chi connectivity index (χ3n) is 7.34. The van der Waals surface area contributed by atoms with E-state index in [4.69, 9.17) is 0 Å². The molecule has 1 saturated heterocycles. The van der Waals surface area contributed by atoms with Crippen LogP contribution >= 0.6 is 0 Å². The normalized spacial score (nSPS) is 14.4. The van der Waals surface area contributed by atoms with Crippen LogP contribution in [0, 0.1) is 6.92 Å². The SMILES string of the molecule is CNc1cc(-c2cncnc2Nc2cc(C(=O)Nc3cc(C(F)(F)F)ccc3CN3CCN(C)CC3)ccc2C)ncn1. The number of hydrogen-bond donors (Lipinski definition) is 3. The molecule has 2 aromatic carbocycles. The highest BCUT2D eigenvalue weighted by molar-refractivity contribution is 6.05. The van der Waals surface area contributed by atoms with E-state index < -0.39 is 17.6 Å². The van der Waals surface area contributed by atoms with Crippen molar-refractivity contribution in [2.45, 2.75) is 19.6 Å². The number of amides is 1. The van der Waals surface area contributed by atoms with Crippen molar-refractivity contribution < 1.29 is 18.0 Å². The van der Waals surface area contributed by atoms with Gasteiger partial charge < -0.3 is 20.9 Å². The Morgan fingerprint density at radius 2 is 1.74 bits per heavy atom. The number of likely N-dealkylation sites (N-methyl/N-ethyl adjacent to an activating group) is 1. The van der Waals surface area contributed by atoms with E-state index in [1.54, 1.807) is 37.5 Å². The van der Waals surface area contributed by atoms with Gasteiger partial charge in [0, 0.05) is 69.0 Å². The van der Waals surface area contributed by atoms with Crippen molar-refractivity contribution in [1.82, 2.24) is 29.7 Å². The molecule has 10 nitrogen and oxygen atoms in total. The predicted octanol–water partition coefficient (Wildman–Crippen LogP) is 5.05. The van der Waals surface area contributed by atoms with Crippen molar-refractivity contribution in [1.29, 1.82) is 0 Å². The Morgan fingerprint density at radius 3 is 2.49 bits per heavy atom. The number of rotatable bonds is 8. The van der Waals surface area contributed by atoms with E-state index in [0.717, 1.165) is 43.9 Å². The van der Waals surface area contributed by atoms with Crippen molar-refractivity contribution in [2.24, 2.45) is 0 Å². The quantitative estimate of drug-likeness (QED) is 0.259. The minimum absolute atomic E-state index is 0.135. The molecule has 0 atom stereocenters. The average Bonchev–Trinajstić information content (AvgIpc) is 3.00. The highest BCUT2D eigenvalue weighted by atomic mass is 19.4. The number of nitrogens with one attached hydrogen (secondary N) is 3. The van der Waals surface area contributed by atoms with Crippen LogP contribution in [-0.4, -0.2) is 75.9 Å². The molecule has 1 fully saturated rings. The van der Waals surface area contributed by atoms with E-state index in [1.807, 2.05) is 14.0 Å². The van der Waals surface area contributed by atoms with Gasteiger partial charge in [-0.2, -0.15) is 13.2 Å². The van der Waals surface area contributed by atoms with E-state index in [-0.39, 0.29) is 11.3 Å². The topological polar surface area (TPSA) is 111 Å². The number of halogens is 3. The van der Waals surface area contributed by atoms with Gasteiger partial charge in [-0.1, -0.05) is 12.1 Å². The lowest BCUT2D eigenvalue weighted by atomic mass is 10.1. The number of alkyl halides is 3. The van der Waals surface area contributed by atoms with E-state index in [2.05, 4.69) is 45.7 Å². The van der Waals surface area contributed by atoms with Gasteiger partial charge in [-0.05, 0) is 49.4 Å². The van der Waals surface area contributed by atoms with E-state index >= 15 is 0 Å². The fourth-order valence-electron chi connectivity index (χ4n) is 4.73. The van der Waals surface area contributed by atoms with Crippen LogP contribution in [0.15, 0.2) is 61.3 Å². The zero-order chi connectivity index (χ0) is 30.6. The van der Waals surface area contributed by atoms with Gasteiger partial charge in [-0.3, -0.25) is 9.69 Å². The number of hydrogen-bond acceptors (Lipinski definition) is 9. The Balaban J connectivity index is 1.41. The molecular formula is C30H32F3N9O. The molecule has 2 aromatic heterocycles. The second kappa shape index (κ2) is 12.7. The first-order valence-corrected chi connectivity index (χ1v) is 13.7. The summed E-state index contributed by atoms with van der Waals surface area (Å²) in [5.74, 6) is 0.555. The van der Waals surface area contributed by atoms with Crippen LogP contribution in [0.25, 0.3) is 11.3 Å². The van der Waals surface area contributed by atoms with Crippen LogP contribution in [0.1, 0.15) is 27.0 Å². The standard InChI is InChI=1S/C30H32F3N9O/c1-19-4-5-20(12-24(19)39-28-23(15-35-17-38-28)26-14-27(34-2)37-18-36-26)29(43)40-25-13-22(30(31,32)33)7-6-21(25)16-42-10-8-41(3)9-11-42/h4-7,12-15,17-18H,8-11,16H2,1-3H3,(H,40,43)(H,34,36,37)(H,35,38,39). The Kier molecular flexibility index (Phi) is 8.83. The molecule has 3 N–H and O–H groups in total. The molecule has 0 unspecified atom stereocenters. The number of aryl methyl sites for hydroxylation is 1. The number of aromatic nitrogens is 4. The van der Waals surface area contributed by atoms with Gasteiger partial charge in [0.1, 0.15) is 24.3 Å². The second-order valence-corrected chi connectivity index (χ2v) is 10.4. The molecule has 13 heteroatoms. The summed E-state index contributed by atoms with van der Waals surface area (Å²) in [7, 11) is 3.79. The van der Waals surface area contributed by atoms with Crippen molar-refractivity contribution in [3.63, 3.8) is 0 Å². The highest BCUT2D eigenvalue weighted by Crippen LogP contribution is 2.34. The molecule has 224 valence electrons. The average molecular weight is 592 g/mol. The first-order chi connectivity index (χ1) is 20.6. The van der Waals surface area contributed by atoms with Crippen LogP contribution < -0.4 is 16.0 Å². The van der Waals surface area contributed by atoms with Gasteiger partial charge in [-0.15, -0.1) is 0 Å². The highest BCUT2D eigenvalue weighted by Gasteiger charge is 2.31. The first kappa shape index (κ1) is 29.9. The third-order valence-corrected chi connectivity index (χ3v) is 7.34. The van der Waals surface area contributed by atoms with Gasteiger partial charge in [-0.25, -0.2) is 19.9 Å². The molecule has 5 rings (SSSR count). The molecule has 0 bridgehead atoms. The Bertz CT molecular complexity index is 1600. The molecule has 4 aromatic rings. The summed E-state index contributed by atoms with van der Waals surface area (Å²) in [5.41, 5.74) is 2.83. The fourth-order valence-corrected chi connectivity index (χ4v) is 4.73. The molecular weight excluding hydrogens is 559 g/mol. The van der Waals surface area contributed by atoms with E-state index in [0.29, 0.717) is 40.7 Å². The number of anilines is 4. The van der Waals surface area contributed by atoms with Gasteiger partial charge in [0.25, 0.3) is 5.91 Å². The molecule has 0 saturated carbocycles. The molecule has 1 amide bonds. The van der Waals surface area contributed by atoms with E-state index in [1.165, 1.54) is 18.7 Å². The zero-order valence-electron chi connectivity index (χ0n) is 24.0. The summed E-state index contributed by atoms with van der Waals surface area (Å²) >= 11 is 0.